The Labute approximate surface area is 156 Å². The number of carbonyl (C=O) groups is 1. The lowest BCUT2D eigenvalue weighted by atomic mass is 10.0. The minimum atomic E-state index is -0.418. The molecule has 0 fully saturated rings. The highest BCUT2D eigenvalue weighted by atomic mass is 19.1. The Morgan fingerprint density at radius 2 is 1.89 bits per heavy atom. The fourth-order valence-electron chi connectivity index (χ4n) is 2.97. The summed E-state index contributed by atoms with van der Waals surface area (Å²) in [5.74, 6) is -0.670. The van der Waals surface area contributed by atoms with Crippen molar-refractivity contribution in [1.29, 1.82) is 0 Å². The first-order valence-electron chi connectivity index (χ1n) is 8.60. The average Bonchev–Trinajstić information content (AvgIpc) is 2.56. The maximum Gasteiger partial charge on any atom is 0.336 e. The molecule has 5 nitrogen and oxygen atoms in total. The fraction of sp³-hybridized carbons (Fsp3) is 0.238. The van der Waals surface area contributed by atoms with Crippen molar-refractivity contribution in [2.24, 2.45) is 0 Å². The van der Waals surface area contributed by atoms with Crippen LogP contribution < -0.4 is 10.9 Å². The van der Waals surface area contributed by atoms with Gasteiger partial charge in [-0.1, -0.05) is 6.07 Å². The van der Waals surface area contributed by atoms with Crippen molar-refractivity contribution in [2.45, 2.75) is 20.4 Å². The topological polar surface area (TPSA) is 62.6 Å². The first-order chi connectivity index (χ1) is 12.8. The lowest BCUT2D eigenvalue weighted by Crippen LogP contribution is -2.30. The number of hydrogen-bond donors (Lipinski definition) is 1. The first kappa shape index (κ1) is 18.8. The minimum absolute atomic E-state index is 0.100. The summed E-state index contributed by atoms with van der Waals surface area (Å²) < 4.78 is 18.5. The van der Waals surface area contributed by atoms with Crippen molar-refractivity contribution in [3.8, 4) is 0 Å². The van der Waals surface area contributed by atoms with E-state index in [9.17, 15) is 14.0 Å². The van der Waals surface area contributed by atoms with Crippen LogP contribution in [0.4, 0.5) is 10.1 Å². The molecule has 0 atom stereocenters. The molecule has 0 aliphatic rings. The number of halogens is 1. The summed E-state index contributed by atoms with van der Waals surface area (Å²) in [6.07, 6.45) is 0. The first-order valence-corrected chi connectivity index (χ1v) is 8.60. The zero-order chi connectivity index (χ0) is 19.6. The van der Waals surface area contributed by atoms with Crippen LogP contribution in [0.2, 0.25) is 0 Å². The largest absolute Gasteiger partial charge is 0.423 e. The average molecular weight is 368 g/mol. The van der Waals surface area contributed by atoms with Crippen LogP contribution in [0.1, 0.15) is 16.7 Å². The Morgan fingerprint density at radius 1 is 1.15 bits per heavy atom. The molecule has 1 aromatic heterocycles. The molecule has 0 radical (unpaired) electrons. The van der Waals surface area contributed by atoms with E-state index in [4.69, 9.17) is 4.42 Å². The summed E-state index contributed by atoms with van der Waals surface area (Å²) in [6, 6.07) is 11.0. The Bertz CT molecular complexity index is 1060. The second-order valence-electron chi connectivity index (χ2n) is 6.75. The summed E-state index contributed by atoms with van der Waals surface area (Å²) in [4.78, 5) is 25.9. The number of aryl methyl sites for hydroxylation is 2. The van der Waals surface area contributed by atoms with E-state index < -0.39 is 11.4 Å². The van der Waals surface area contributed by atoms with E-state index >= 15 is 0 Å². The highest BCUT2D eigenvalue weighted by molar-refractivity contribution is 5.92. The van der Waals surface area contributed by atoms with E-state index in [0.717, 1.165) is 22.1 Å². The van der Waals surface area contributed by atoms with Crippen molar-refractivity contribution < 1.29 is 13.6 Å². The molecule has 0 saturated heterocycles. The van der Waals surface area contributed by atoms with Crippen molar-refractivity contribution in [2.75, 3.05) is 18.9 Å². The summed E-state index contributed by atoms with van der Waals surface area (Å²) in [5.41, 5.74) is 3.47. The van der Waals surface area contributed by atoms with E-state index in [1.54, 1.807) is 18.0 Å². The molecular weight excluding hydrogens is 347 g/mol. The Kier molecular flexibility index (Phi) is 5.37. The molecule has 3 rings (SSSR count). The van der Waals surface area contributed by atoms with Crippen LogP contribution in [0.5, 0.6) is 0 Å². The molecule has 1 N–H and O–H groups in total. The van der Waals surface area contributed by atoms with Gasteiger partial charge in [-0.2, -0.15) is 0 Å². The molecule has 0 aliphatic carbocycles. The van der Waals surface area contributed by atoms with Crippen molar-refractivity contribution >= 4 is 22.6 Å². The standard InChI is InChI=1S/C21H21FN2O3/c1-13-7-18-15(9-21(26)27-19(18)8-14(13)2)11-24(3)12-20(25)23-17-6-4-5-16(22)10-17/h4-10H,11-12H2,1-3H3,(H,23,25). The van der Waals surface area contributed by atoms with Crippen LogP contribution in [-0.4, -0.2) is 24.4 Å². The number of nitrogens with zero attached hydrogens (tertiary/aromatic N) is 1. The molecule has 1 heterocycles. The number of anilines is 1. The Balaban J connectivity index is 1.75. The number of nitrogens with one attached hydrogen (secondary N) is 1. The quantitative estimate of drug-likeness (QED) is 0.699. The minimum Gasteiger partial charge on any atom is -0.423 e. The number of likely N-dealkylation sites (N-methyl/N-ethyl adjacent to an activating group) is 1. The molecular formula is C21H21FN2O3. The molecule has 0 spiro atoms. The predicted octanol–water partition coefficient (Wildman–Crippen LogP) is 3.62. The number of carbonyl (C=O) groups excluding carboxylic acids is 1. The summed E-state index contributed by atoms with van der Waals surface area (Å²) >= 11 is 0. The third kappa shape index (κ3) is 4.60. The van der Waals surface area contributed by atoms with Gasteiger partial charge < -0.3 is 9.73 Å². The van der Waals surface area contributed by atoms with Gasteiger partial charge in [-0.15, -0.1) is 0 Å². The van der Waals surface area contributed by atoms with Gasteiger partial charge in [-0.25, -0.2) is 9.18 Å². The summed E-state index contributed by atoms with van der Waals surface area (Å²) in [7, 11) is 1.78. The monoisotopic (exact) mass is 368 g/mol. The lowest BCUT2D eigenvalue weighted by Gasteiger charge is -2.17. The summed E-state index contributed by atoms with van der Waals surface area (Å²) in [5, 5.41) is 3.52. The van der Waals surface area contributed by atoms with Crippen molar-refractivity contribution in [1.82, 2.24) is 4.90 Å². The van der Waals surface area contributed by atoms with E-state index in [-0.39, 0.29) is 12.5 Å². The number of amides is 1. The number of hydrogen-bond acceptors (Lipinski definition) is 4. The molecule has 0 aliphatic heterocycles. The van der Waals surface area contributed by atoms with Crippen LogP contribution in [0.3, 0.4) is 0 Å². The Hall–Kier alpha value is -2.99. The molecule has 0 bridgehead atoms. The smallest absolute Gasteiger partial charge is 0.336 e. The molecule has 6 heteroatoms. The van der Waals surface area contributed by atoms with Crippen LogP contribution in [-0.2, 0) is 11.3 Å². The van der Waals surface area contributed by atoms with Crippen molar-refractivity contribution in [3.63, 3.8) is 0 Å². The van der Waals surface area contributed by atoms with Gasteiger partial charge >= 0.3 is 5.63 Å². The van der Waals surface area contributed by atoms with E-state index in [0.29, 0.717) is 17.8 Å². The van der Waals surface area contributed by atoms with Crippen LogP contribution in [0, 0.1) is 19.7 Å². The van der Waals surface area contributed by atoms with Gasteiger partial charge in [0.25, 0.3) is 0 Å². The number of fused-ring (bicyclic) bond motifs is 1. The molecule has 3 aromatic rings. The normalized spacial score (nSPS) is 11.1. The third-order valence-electron chi connectivity index (χ3n) is 4.41. The SMILES string of the molecule is Cc1cc2oc(=O)cc(CN(C)CC(=O)Nc3cccc(F)c3)c2cc1C. The lowest BCUT2D eigenvalue weighted by molar-refractivity contribution is -0.117. The van der Waals surface area contributed by atoms with Crippen LogP contribution >= 0.6 is 0 Å². The second kappa shape index (κ2) is 7.72. The van der Waals surface area contributed by atoms with E-state index in [2.05, 4.69) is 5.32 Å². The number of rotatable bonds is 5. The summed E-state index contributed by atoms with van der Waals surface area (Å²) in [6.45, 7) is 4.47. The molecule has 27 heavy (non-hydrogen) atoms. The van der Waals surface area contributed by atoms with Gasteiger partial charge in [0.1, 0.15) is 11.4 Å². The molecule has 140 valence electrons. The number of benzene rings is 2. The van der Waals surface area contributed by atoms with Crippen molar-refractivity contribution in [3.05, 3.63) is 75.4 Å². The van der Waals surface area contributed by atoms with Crippen LogP contribution in [0.15, 0.2) is 51.7 Å². The highest BCUT2D eigenvalue weighted by Gasteiger charge is 2.12. The highest BCUT2D eigenvalue weighted by Crippen LogP contribution is 2.22. The fourth-order valence-corrected chi connectivity index (χ4v) is 2.97. The van der Waals surface area contributed by atoms with Gasteiger partial charge in [-0.3, -0.25) is 9.69 Å². The third-order valence-corrected chi connectivity index (χ3v) is 4.41. The second-order valence-corrected chi connectivity index (χ2v) is 6.75. The molecule has 0 saturated carbocycles. The molecule has 1 amide bonds. The Morgan fingerprint density at radius 3 is 2.63 bits per heavy atom. The van der Waals surface area contributed by atoms with Gasteiger partial charge in [-0.05, 0) is 67.9 Å². The zero-order valence-electron chi connectivity index (χ0n) is 15.5. The van der Waals surface area contributed by atoms with Gasteiger partial charge in [0.05, 0.1) is 6.54 Å². The predicted molar refractivity (Wildman–Crippen MR) is 103 cm³/mol. The van der Waals surface area contributed by atoms with Gasteiger partial charge in [0.2, 0.25) is 5.91 Å². The van der Waals surface area contributed by atoms with Gasteiger partial charge in [0, 0.05) is 23.7 Å². The molecule has 0 unspecified atom stereocenters. The van der Waals surface area contributed by atoms with E-state index in [1.807, 2.05) is 26.0 Å². The zero-order valence-corrected chi connectivity index (χ0v) is 15.5. The maximum absolute atomic E-state index is 13.2. The van der Waals surface area contributed by atoms with E-state index in [1.165, 1.54) is 24.3 Å². The maximum atomic E-state index is 13.2. The molecule has 2 aromatic carbocycles. The van der Waals surface area contributed by atoms with Gasteiger partial charge in [0.15, 0.2) is 0 Å². The van der Waals surface area contributed by atoms with Crippen LogP contribution in [0.25, 0.3) is 11.0 Å².